The monoisotopic (exact) mass is 986 g/mol. The summed E-state index contributed by atoms with van der Waals surface area (Å²) in [5.74, 6) is -6.73. The van der Waals surface area contributed by atoms with Gasteiger partial charge in [-0.2, -0.15) is 18.2 Å². The Hall–Kier alpha value is -6.16. The Morgan fingerprint density at radius 2 is 1.62 bits per heavy atom. The van der Waals surface area contributed by atoms with Crippen LogP contribution in [0.15, 0.2) is 113 Å². The quantitative estimate of drug-likeness (QED) is 0.0840. The Morgan fingerprint density at radius 3 is 2.29 bits per heavy atom. The molecule has 4 aliphatic rings. The molecule has 4 aromatic carbocycles. The Labute approximate surface area is 388 Å². The lowest BCUT2D eigenvalue weighted by atomic mass is 9.49. The predicted octanol–water partition coefficient (Wildman–Crippen LogP) is 10.3. The third-order valence-corrected chi connectivity index (χ3v) is 13.9. The zero-order valence-corrected chi connectivity index (χ0v) is 37.4. The maximum absolute atomic E-state index is 15.4. The molecule has 17 heteroatoms. The highest BCUT2D eigenvalue weighted by Crippen LogP contribution is 2.65. The van der Waals surface area contributed by atoms with Gasteiger partial charge in [-0.1, -0.05) is 87.2 Å². The van der Waals surface area contributed by atoms with Crippen molar-refractivity contribution < 1.29 is 46.9 Å². The average molecular weight is 989 g/mol. The fourth-order valence-corrected chi connectivity index (χ4v) is 10.7. The van der Waals surface area contributed by atoms with Gasteiger partial charge in [0.25, 0.3) is 11.8 Å². The first-order valence-electron chi connectivity index (χ1n) is 20.3. The van der Waals surface area contributed by atoms with Crippen LogP contribution in [0, 0.1) is 23.7 Å². The number of anilines is 2. The number of phenols is 1. The molecule has 2 aliphatic carbocycles. The number of carbonyl (C=O) groups excluding carboxylic acids is 4. The molecule has 65 heavy (non-hydrogen) atoms. The molecule has 6 atom stereocenters. The van der Waals surface area contributed by atoms with E-state index in [4.69, 9.17) is 32.7 Å². The average Bonchev–Trinajstić information content (AvgIpc) is 3.67. The number of allylic oxidation sites excluding steroid dienone is 2. The number of imide groups is 2. The first kappa shape index (κ1) is 44.1. The highest BCUT2D eigenvalue weighted by molar-refractivity contribution is 9.10. The molecule has 0 spiro atoms. The van der Waals surface area contributed by atoms with Crippen molar-refractivity contribution in [3.8, 4) is 17.2 Å². The smallest absolute Gasteiger partial charge is 0.417 e. The summed E-state index contributed by atoms with van der Waals surface area (Å²) in [6.45, 7) is 0. The number of alkyl halides is 3. The number of benzene rings is 4. The van der Waals surface area contributed by atoms with Crippen LogP contribution in [0.25, 0.3) is 12.2 Å². The normalized spacial score (nSPS) is 23.9. The van der Waals surface area contributed by atoms with Crippen LogP contribution < -0.4 is 19.8 Å². The molecule has 332 valence electrons. The number of fused-ring (bicyclic) bond motifs is 4. The molecule has 5 aromatic rings. The minimum absolute atomic E-state index is 0.0951. The van der Waals surface area contributed by atoms with Crippen molar-refractivity contribution >= 4 is 86.4 Å². The van der Waals surface area contributed by atoms with E-state index < -0.39 is 81.2 Å². The number of hydrogen-bond acceptors (Lipinski definition) is 9. The summed E-state index contributed by atoms with van der Waals surface area (Å²) in [5.41, 5.74) is 2.71. The van der Waals surface area contributed by atoms with E-state index in [0.29, 0.717) is 55.1 Å². The molecule has 1 saturated carbocycles. The number of hydrazine groups is 1. The third kappa shape index (κ3) is 7.33. The molecule has 0 bridgehead atoms. The fourth-order valence-electron chi connectivity index (χ4n) is 10.0. The number of nitrogens with zero attached hydrogens (tertiary/aromatic N) is 3. The SMILES string of the molecule is COc1ccc(OC)c(C=Cc2ccc(N3C(=O)C4CC=C5C(CC6C(=O)N(Nc7ncc(C(F)(F)F)cc7Cl)C(=O)C6(c6ccc(Cl)cc6)C5c5cc(Br)ccc5O)C4C3=O)cc2)c1. The van der Waals surface area contributed by atoms with Crippen molar-refractivity contribution in [1.29, 1.82) is 0 Å². The van der Waals surface area contributed by atoms with E-state index in [1.54, 1.807) is 87.0 Å². The number of phenolic OH excluding ortho intramolecular Hbond substituents is 1. The number of rotatable bonds is 9. The van der Waals surface area contributed by atoms with Gasteiger partial charge in [-0.25, -0.2) is 4.98 Å². The van der Waals surface area contributed by atoms with Crippen molar-refractivity contribution in [2.45, 2.75) is 30.4 Å². The third-order valence-electron chi connectivity index (χ3n) is 12.9. The van der Waals surface area contributed by atoms with Gasteiger partial charge in [0.15, 0.2) is 5.82 Å². The van der Waals surface area contributed by atoms with Crippen LogP contribution in [-0.4, -0.2) is 52.9 Å². The van der Waals surface area contributed by atoms with E-state index in [0.717, 1.165) is 11.1 Å². The molecule has 4 amide bonds. The van der Waals surface area contributed by atoms with Crippen LogP contribution in [0.5, 0.6) is 17.2 Å². The molecule has 1 aromatic heterocycles. The summed E-state index contributed by atoms with van der Waals surface area (Å²) in [6.07, 6.45) is 1.33. The minimum atomic E-state index is -4.77. The number of halogens is 6. The number of carbonyl (C=O) groups is 4. The van der Waals surface area contributed by atoms with E-state index in [2.05, 4.69) is 26.3 Å². The number of methoxy groups -OCH3 is 2. The summed E-state index contributed by atoms with van der Waals surface area (Å²) in [7, 11) is 3.14. The van der Waals surface area contributed by atoms with Crippen LogP contribution in [0.1, 0.15) is 46.6 Å². The number of aromatic nitrogens is 1. The van der Waals surface area contributed by atoms with Gasteiger partial charge in [-0.15, -0.1) is 0 Å². The first-order chi connectivity index (χ1) is 31.1. The van der Waals surface area contributed by atoms with Crippen LogP contribution >= 0.6 is 39.1 Å². The lowest BCUT2D eigenvalue weighted by molar-refractivity contribution is -0.139. The zero-order valence-electron chi connectivity index (χ0n) is 34.3. The van der Waals surface area contributed by atoms with E-state index >= 15 is 9.59 Å². The largest absolute Gasteiger partial charge is 0.508 e. The van der Waals surface area contributed by atoms with Crippen molar-refractivity contribution in [2.75, 3.05) is 24.5 Å². The van der Waals surface area contributed by atoms with Gasteiger partial charge in [0.05, 0.1) is 53.7 Å². The summed E-state index contributed by atoms with van der Waals surface area (Å²) in [6, 6.07) is 24.0. The van der Waals surface area contributed by atoms with Gasteiger partial charge in [0.2, 0.25) is 11.8 Å². The van der Waals surface area contributed by atoms with Crippen LogP contribution in [0.3, 0.4) is 0 Å². The van der Waals surface area contributed by atoms with Crippen molar-refractivity contribution in [3.63, 3.8) is 0 Å². The molecule has 11 nitrogen and oxygen atoms in total. The van der Waals surface area contributed by atoms with E-state index in [1.807, 2.05) is 24.3 Å². The molecule has 3 heterocycles. The number of ether oxygens (including phenoxy) is 2. The minimum Gasteiger partial charge on any atom is -0.508 e. The molecule has 3 fully saturated rings. The standard InChI is InChI=1S/C48H36BrCl2F3N4O7/c1-64-31-14-18-39(65-2)25(19-31)6-3-24-4-12-30(13-5-24)57-43(60)33-16-15-32-34(40(33)45(57)62)22-36-44(61)58(56-42-37(51)20-27(23-55-42)48(52,53)54)46(63)47(36,26-7-10-29(50)11-8-26)41(32)35-21-28(49)9-17-38(35)59/h3-15,17-21,23,33-34,36,40-41,59H,16,22H2,1-2H3,(H,55,56). The number of pyridine rings is 1. The maximum atomic E-state index is 15.4. The van der Waals surface area contributed by atoms with Crippen LogP contribution in [-0.2, 0) is 30.8 Å². The van der Waals surface area contributed by atoms with Crippen LogP contribution in [0.4, 0.5) is 24.7 Å². The molecular weight excluding hydrogens is 952 g/mol. The van der Waals surface area contributed by atoms with E-state index in [-0.39, 0.29) is 24.2 Å². The van der Waals surface area contributed by atoms with Crippen LogP contribution in [0.2, 0.25) is 10.0 Å². The van der Waals surface area contributed by atoms with Gasteiger partial charge in [-0.3, -0.25) is 29.5 Å². The highest BCUT2D eigenvalue weighted by Gasteiger charge is 2.71. The molecular formula is C48H36BrCl2F3N4O7. The lowest BCUT2D eigenvalue weighted by Gasteiger charge is -2.50. The molecule has 6 unspecified atom stereocenters. The Bertz CT molecular complexity index is 2860. The summed E-state index contributed by atoms with van der Waals surface area (Å²) in [4.78, 5) is 64.7. The predicted molar refractivity (Wildman–Crippen MR) is 240 cm³/mol. The Balaban J connectivity index is 1.12. The molecule has 9 rings (SSSR count). The lowest BCUT2D eigenvalue weighted by Crippen LogP contribution is -2.53. The van der Waals surface area contributed by atoms with Crippen molar-refractivity contribution in [2.24, 2.45) is 23.7 Å². The van der Waals surface area contributed by atoms with E-state index in [9.17, 15) is 27.9 Å². The number of amides is 4. The Morgan fingerprint density at radius 1 is 0.877 bits per heavy atom. The maximum Gasteiger partial charge on any atom is 0.417 e. The number of hydrogen-bond donors (Lipinski definition) is 2. The number of aromatic hydroxyl groups is 1. The first-order valence-corrected chi connectivity index (χ1v) is 21.8. The van der Waals surface area contributed by atoms with Gasteiger partial charge >= 0.3 is 6.18 Å². The second kappa shape index (κ2) is 16.7. The molecule has 2 saturated heterocycles. The topological polar surface area (TPSA) is 138 Å². The van der Waals surface area contributed by atoms with Gasteiger partial charge in [0.1, 0.15) is 17.2 Å². The number of nitrogens with one attached hydrogen (secondary N) is 1. The fraction of sp³-hybridized carbons (Fsp3) is 0.229. The van der Waals surface area contributed by atoms with Gasteiger partial charge in [0, 0.05) is 32.7 Å². The van der Waals surface area contributed by atoms with Gasteiger partial charge in [-0.05, 0) is 96.6 Å². The Kier molecular flexibility index (Phi) is 11.3. The highest BCUT2D eigenvalue weighted by atomic mass is 79.9. The zero-order chi connectivity index (χ0) is 46.1. The molecule has 0 radical (unpaired) electrons. The second-order valence-corrected chi connectivity index (χ2v) is 17.9. The van der Waals surface area contributed by atoms with Crippen molar-refractivity contribution in [1.82, 2.24) is 9.99 Å². The molecule has 2 aliphatic heterocycles. The summed E-state index contributed by atoms with van der Waals surface area (Å²) >= 11 is 16.2. The summed E-state index contributed by atoms with van der Waals surface area (Å²) in [5, 5.41) is 12.2. The van der Waals surface area contributed by atoms with E-state index in [1.165, 1.54) is 11.0 Å². The molecule has 2 N–H and O–H groups in total. The van der Waals surface area contributed by atoms with Gasteiger partial charge < -0.3 is 14.6 Å². The second-order valence-electron chi connectivity index (χ2n) is 16.2. The summed E-state index contributed by atoms with van der Waals surface area (Å²) < 4.78 is 52.1. The van der Waals surface area contributed by atoms with Crippen molar-refractivity contribution in [3.05, 3.63) is 151 Å².